The lowest BCUT2D eigenvalue weighted by molar-refractivity contribution is -0.154. The minimum Gasteiger partial charge on any atom is -0.381 e. The quantitative estimate of drug-likeness (QED) is 0.554. The van der Waals surface area contributed by atoms with Crippen LogP contribution in [-0.4, -0.2) is 43.6 Å². The van der Waals surface area contributed by atoms with E-state index in [9.17, 15) is 23.1 Å². The summed E-state index contributed by atoms with van der Waals surface area (Å²) in [6.07, 6.45) is 11.7. The van der Waals surface area contributed by atoms with Crippen LogP contribution in [0.15, 0.2) is 35.5 Å². The van der Waals surface area contributed by atoms with Crippen LogP contribution < -0.4 is 0 Å². The molecule has 0 aliphatic heterocycles. The molecule has 4 aliphatic rings. The fourth-order valence-electron chi connectivity index (χ4n) is 6.27. The van der Waals surface area contributed by atoms with Crippen molar-refractivity contribution < 1.29 is 27.3 Å². The summed E-state index contributed by atoms with van der Waals surface area (Å²) in [5.74, 6) is -0.176. The van der Waals surface area contributed by atoms with E-state index in [0.717, 1.165) is 24.7 Å². The summed E-state index contributed by atoms with van der Waals surface area (Å²) in [6.45, 7) is 3.47. The van der Waals surface area contributed by atoms with Gasteiger partial charge in [-0.3, -0.25) is 13.8 Å². The van der Waals surface area contributed by atoms with Gasteiger partial charge < -0.3 is 5.11 Å². The molecule has 0 saturated heterocycles. The molecule has 0 aromatic rings. The zero-order valence-corrected chi connectivity index (χ0v) is 17.9. The SMILES string of the molecule is C[C@]12C=CC(=O)C=C1CC[C@@H]1C2=CC[C@@]2(C)[C@H]1CC[C@]2(O)C(=O)COS(C)(=O)=O. The van der Waals surface area contributed by atoms with Crippen molar-refractivity contribution in [1.29, 1.82) is 0 Å². The predicted octanol–water partition coefficient (Wildman–Crippen LogP) is 2.49. The average Bonchev–Trinajstić information content (AvgIpc) is 2.92. The van der Waals surface area contributed by atoms with Gasteiger partial charge in [-0.2, -0.15) is 8.42 Å². The van der Waals surface area contributed by atoms with Crippen LogP contribution in [0.5, 0.6) is 0 Å². The lowest BCUT2D eigenvalue weighted by Crippen LogP contribution is -2.55. The van der Waals surface area contributed by atoms with Crippen molar-refractivity contribution in [2.24, 2.45) is 22.7 Å². The van der Waals surface area contributed by atoms with E-state index in [4.69, 9.17) is 4.18 Å². The summed E-state index contributed by atoms with van der Waals surface area (Å²) in [5.41, 5.74) is -0.111. The molecule has 7 heteroatoms. The maximum Gasteiger partial charge on any atom is 0.264 e. The molecule has 29 heavy (non-hydrogen) atoms. The highest BCUT2D eigenvalue weighted by Crippen LogP contribution is 2.65. The molecule has 2 saturated carbocycles. The molecule has 5 atom stereocenters. The van der Waals surface area contributed by atoms with Crippen molar-refractivity contribution in [2.75, 3.05) is 12.9 Å². The van der Waals surface area contributed by atoms with Crippen LogP contribution in [0.2, 0.25) is 0 Å². The van der Waals surface area contributed by atoms with Gasteiger partial charge in [0.15, 0.2) is 11.6 Å². The second-order valence-corrected chi connectivity index (χ2v) is 11.1. The highest BCUT2D eigenvalue weighted by Gasteiger charge is 2.64. The first kappa shape index (κ1) is 20.7. The Morgan fingerprint density at radius 2 is 2.03 bits per heavy atom. The van der Waals surface area contributed by atoms with Gasteiger partial charge in [-0.05, 0) is 63.0 Å². The van der Waals surface area contributed by atoms with E-state index < -0.39 is 33.5 Å². The lowest BCUT2D eigenvalue weighted by atomic mass is 9.51. The van der Waals surface area contributed by atoms with E-state index in [-0.39, 0.29) is 23.0 Å². The smallest absolute Gasteiger partial charge is 0.264 e. The summed E-state index contributed by atoms with van der Waals surface area (Å²) in [4.78, 5) is 24.7. The number of hydrogen-bond donors (Lipinski definition) is 1. The third-order valence-corrected chi connectivity index (χ3v) is 8.51. The standard InChI is InChI=1S/C22H28O6S/c1-20-9-6-15(23)12-14(20)4-5-16-17(20)7-10-21(2)18(16)8-11-22(21,25)19(24)13-28-29(3,26)27/h6-7,9,12,16,18,25H,4-5,8,10-11,13H2,1-3H3/t16-,18+,20+,21+,22+/m1/s1. The minimum atomic E-state index is -3.75. The van der Waals surface area contributed by atoms with Gasteiger partial charge in [0, 0.05) is 10.8 Å². The molecule has 0 radical (unpaired) electrons. The van der Waals surface area contributed by atoms with Crippen molar-refractivity contribution in [2.45, 2.75) is 51.6 Å². The van der Waals surface area contributed by atoms with E-state index in [0.29, 0.717) is 19.3 Å². The number of Topliss-reactive ketones (excluding diaryl/α,β-unsaturated/α-hetero) is 1. The Labute approximate surface area is 171 Å². The molecule has 2 fully saturated rings. The van der Waals surface area contributed by atoms with Crippen LogP contribution in [-0.2, 0) is 23.9 Å². The molecule has 0 heterocycles. The Kier molecular flexibility index (Phi) is 4.61. The monoisotopic (exact) mass is 420 g/mol. The average molecular weight is 421 g/mol. The first-order valence-electron chi connectivity index (χ1n) is 10.2. The maximum absolute atomic E-state index is 12.8. The van der Waals surface area contributed by atoms with Gasteiger partial charge >= 0.3 is 0 Å². The molecule has 4 rings (SSSR count). The summed E-state index contributed by atoms with van der Waals surface area (Å²) < 4.78 is 27.3. The first-order valence-corrected chi connectivity index (χ1v) is 12.0. The minimum absolute atomic E-state index is 0.0314. The Balaban J connectivity index is 1.66. The van der Waals surface area contributed by atoms with Crippen LogP contribution in [0.3, 0.4) is 0 Å². The van der Waals surface area contributed by atoms with Crippen LogP contribution in [0.4, 0.5) is 0 Å². The van der Waals surface area contributed by atoms with E-state index in [1.807, 2.05) is 13.0 Å². The van der Waals surface area contributed by atoms with Crippen molar-refractivity contribution in [1.82, 2.24) is 0 Å². The Morgan fingerprint density at radius 3 is 2.72 bits per heavy atom. The number of carbonyl (C=O) groups excluding carboxylic acids is 2. The number of carbonyl (C=O) groups is 2. The number of rotatable bonds is 4. The normalized spacial score (nSPS) is 41.2. The fourth-order valence-corrected chi connectivity index (χ4v) is 6.59. The van der Waals surface area contributed by atoms with Crippen LogP contribution >= 0.6 is 0 Å². The van der Waals surface area contributed by atoms with Crippen molar-refractivity contribution in [3.8, 4) is 0 Å². The van der Waals surface area contributed by atoms with Gasteiger partial charge in [0.2, 0.25) is 0 Å². The first-order chi connectivity index (χ1) is 13.4. The van der Waals surface area contributed by atoms with Crippen LogP contribution in [0.25, 0.3) is 0 Å². The largest absolute Gasteiger partial charge is 0.381 e. The van der Waals surface area contributed by atoms with Crippen LogP contribution in [0.1, 0.15) is 46.0 Å². The predicted molar refractivity (Wildman–Crippen MR) is 107 cm³/mol. The summed E-state index contributed by atoms with van der Waals surface area (Å²) in [7, 11) is -3.75. The third kappa shape index (κ3) is 3.01. The lowest BCUT2D eigenvalue weighted by Gasteiger charge is -2.53. The molecule has 4 aliphatic carbocycles. The van der Waals surface area contributed by atoms with E-state index >= 15 is 0 Å². The van der Waals surface area contributed by atoms with Gasteiger partial charge in [-0.25, -0.2) is 0 Å². The van der Waals surface area contributed by atoms with E-state index in [2.05, 4.69) is 13.0 Å². The second kappa shape index (κ2) is 6.46. The van der Waals surface area contributed by atoms with Gasteiger partial charge in [-0.15, -0.1) is 0 Å². The summed E-state index contributed by atoms with van der Waals surface area (Å²) in [5, 5.41) is 11.4. The molecular formula is C22H28O6S. The highest BCUT2D eigenvalue weighted by atomic mass is 32.2. The number of ketones is 2. The Hall–Kier alpha value is -1.57. The zero-order valence-electron chi connectivity index (χ0n) is 17.1. The third-order valence-electron chi connectivity index (χ3n) is 7.97. The van der Waals surface area contributed by atoms with Crippen molar-refractivity contribution >= 4 is 21.7 Å². The highest BCUT2D eigenvalue weighted by molar-refractivity contribution is 7.86. The number of aliphatic hydroxyl groups is 1. The summed E-state index contributed by atoms with van der Waals surface area (Å²) in [6, 6.07) is 0. The topological polar surface area (TPSA) is 97.7 Å². The van der Waals surface area contributed by atoms with E-state index in [1.54, 1.807) is 12.2 Å². The number of fused-ring (bicyclic) bond motifs is 5. The number of hydrogen-bond acceptors (Lipinski definition) is 6. The molecule has 1 N–H and O–H groups in total. The summed E-state index contributed by atoms with van der Waals surface area (Å²) >= 11 is 0. The van der Waals surface area contributed by atoms with Crippen molar-refractivity contribution in [3.05, 3.63) is 35.5 Å². The van der Waals surface area contributed by atoms with E-state index in [1.165, 1.54) is 5.57 Å². The Morgan fingerprint density at radius 1 is 1.31 bits per heavy atom. The van der Waals surface area contributed by atoms with Crippen molar-refractivity contribution in [3.63, 3.8) is 0 Å². The van der Waals surface area contributed by atoms with Gasteiger partial charge in [0.1, 0.15) is 12.2 Å². The van der Waals surface area contributed by atoms with Gasteiger partial charge in [0.05, 0.1) is 6.26 Å². The second-order valence-electron chi connectivity index (χ2n) is 9.43. The molecule has 158 valence electrons. The molecule has 0 spiro atoms. The van der Waals surface area contributed by atoms with Crippen LogP contribution in [0, 0.1) is 22.7 Å². The molecule has 0 bridgehead atoms. The molecular weight excluding hydrogens is 392 g/mol. The molecule has 0 amide bonds. The molecule has 0 aromatic heterocycles. The van der Waals surface area contributed by atoms with Gasteiger partial charge in [0.25, 0.3) is 10.1 Å². The fraction of sp³-hybridized carbons (Fsp3) is 0.636. The Bertz CT molecular complexity index is 973. The molecule has 0 aromatic carbocycles. The number of allylic oxidation sites excluding steroid dienone is 6. The molecule has 0 unspecified atom stereocenters. The molecule has 6 nitrogen and oxygen atoms in total. The maximum atomic E-state index is 12.8. The van der Waals surface area contributed by atoms with Gasteiger partial charge in [-0.1, -0.05) is 30.2 Å². The zero-order chi connectivity index (χ0) is 21.2.